The number of benzene rings is 1. The van der Waals surface area contributed by atoms with E-state index in [2.05, 4.69) is 15.2 Å². The van der Waals surface area contributed by atoms with Crippen molar-refractivity contribution >= 4 is 17.2 Å². The molecule has 7 heteroatoms. The number of hydrogen-bond donors (Lipinski definition) is 1. The van der Waals surface area contributed by atoms with Crippen molar-refractivity contribution in [3.63, 3.8) is 0 Å². The molecule has 0 bridgehead atoms. The van der Waals surface area contributed by atoms with Crippen molar-refractivity contribution < 1.29 is 14.3 Å². The molecule has 0 atom stereocenters. The molecule has 0 aliphatic rings. The van der Waals surface area contributed by atoms with Crippen LogP contribution in [-0.2, 0) is 16.0 Å². The number of para-hydroxylation sites is 1. The van der Waals surface area contributed by atoms with Crippen LogP contribution < -0.4 is 10.1 Å². The maximum atomic E-state index is 12.1. The van der Waals surface area contributed by atoms with Crippen LogP contribution in [0.1, 0.15) is 12.6 Å². The number of amides is 1. The van der Waals surface area contributed by atoms with Crippen LogP contribution in [0.3, 0.4) is 0 Å². The van der Waals surface area contributed by atoms with Crippen LogP contribution in [0.4, 0.5) is 0 Å². The third-order valence-electron chi connectivity index (χ3n) is 3.80. The van der Waals surface area contributed by atoms with Crippen LogP contribution in [0.5, 0.6) is 5.75 Å². The monoisotopic (exact) mass is 377 g/mol. The second-order valence-electron chi connectivity index (χ2n) is 5.90. The number of likely N-dealkylation sites (N-methyl/N-ethyl adjacent to an activating group) is 1. The Labute approximate surface area is 159 Å². The second-order valence-corrected chi connectivity index (χ2v) is 6.75. The Morgan fingerprint density at radius 1 is 1.31 bits per heavy atom. The first-order valence-electron chi connectivity index (χ1n) is 8.74. The molecule has 0 saturated carbocycles. The van der Waals surface area contributed by atoms with Crippen LogP contribution in [0, 0.1) is 0 Å². The van der Waals surface area contributed by atoms with Crippen LogP contribution in [0.15, 0.2) is 29.6 Å². The number of nitrogens with zero attached hydrogens (tertiary/aromatic N) is 2. The van der Waals surface area contributed by atoms with E-state index in [9.17, 15) is 4.79 Å². The quantitative estimate of drug-likeness (QED) is 0.652. The molecule has 142 valence electrons. The van der Waals surface area contributed by atoms with Gasteiger partial charge in [-0.3, -0.25) is 4.79 Å². The van der Waals surface area contributed by atoms with Crippen molar-refractivity contribution in [1.29, 1.82) is 0 Å². The number of nitrogens with one attached hydrogen (secondary N) is 1. The molecular formula is C19H27N3O3S. The van der Waals surface area contributed by atoms with Crippen molar-refractivity contribution in [3.05, 3.63) is 35.3 Å². The average molecular weight is 378 g/mol. The molecule has 1 amide bonds. The van der Waals surface area contributed by atoms with Gasteiger partial charge in [-0.1, -0.05) is 12.1 Å². The molecule has 0 spiro atoms. The molecule has 0 aliphatic heterocycles. The smallest absolute Gasteiger partial charge is 0.226 e. The lowest BCUT2D eigenvalue weighted by molar-refractivity contribution is -0.120. The minimum absolute atomic E-state index is 0.0138. The maximum Gasteiger partial charge on any atom is 0.226 e. The van der Waals surface area contributed by atoms with Gasteiger partial charge in [0.15, 0.2) is 0 Å². The predicted molar refractivity (Wildman–Crippen MR) is 105 cm³/mol. The fraction of sp³-hybridized carbons (Fsp3) is 0.474. The highest BCUT2D eigenvalue weighted by atomic mass is 32.1. The zero-order valence-corrected chi connectivity index (χ0v) is 16.5. The van der Waals surface area contributed by atoms with Crippen molar-refractivity contribution in [2.24, 2.45) is 0 Å². The van der Waals surface area contributed by atoms with E-state index in [0.717, 1.165) is 35.1 Å². The van der Waals surface area contributed by atoms with Gasteiger partial charge in [0.05, 0.1) is 30.9 Å². The van der Waals surface area contributed by atoms with Crippen molar-refractivity contribution in [3.8, 4) is 16.3 Å². The Hall–Kier alpha value is -1.96. The number of carbonyl (C=O) groups is 1. The van der Waals surface area contributed by atoms with Gasteiger partial charge in [-0.25, -0.2) is 4.98 Å². The summed E-state index contributed by atoms with van der Waals surface area (Å²) in [6.07, 6.45) is 0.287. The SMILES string of the molecule is CCOc1ccccc1-c1nc(CC(=O)NCCN(C)CCOC)cs1. The Morgan fingerprint density at radius 2 is 2.12 bits per heavy atom. The van der Waals surface area contributed by atoms with Crippen molar-refractivity contribution in [2.75, 3.05) is 47.0 Å². The minimum atomic E-state index is -0.0138. The highest BCUT2D eigenvalue weighted by Crippen LogP contribution is 2.32. The number of carbonyl (C=O) groups excluding carboxylic acids is 1. The van der Waals surface area contributed by atoms with Gasteiger partial charge in [0.1, 0.15) is 10.8 Å². The third kappa shape index (κ3) is 6.40. The summed E-state index contributed by atoms with van der Waals surface area (Å²) in [5.74, 6) is 0.805. The van der Waals surface area contributed by atoms with E-state index < -0.39 is 0 Å². The van der Waals surface area contributed by atoms with Crippen LogP contribution in [0.2, 0.25) is 0 Å². The molecule has 2 rings (SSSR count). The van der Waals surface area contributed by atoms with Gasteiger partial charge in [-0.15, -0.1) is 11.3 Å². The molecule has 1 aromatic carbocycles. The summed E-state index contributed by atoms with van der Waals surface area (Å²) in [6.45, 7) is 5.51. The Morgan fingerprint density at radius 3 is 2.88 bits per heavy atom. The van der Waals surface area contributed by atoms with Gasteiger partial charge >= 0.3 is 0 Å². The standard InChI is InChI=1S/C19H27N3O3S/c1-4-25-17-8-6-5-7-16(17)19-21-15(14-26-19)13-18(23)20-9-10-22(2)11-12-24-3/h5-8,14H,4,9-13H2,1-3H3,(H,20,23). The number of methoxy groups -OCH3 is 1. The third-order valence-corrected chi connectivity index (χ3v) is 4.73. The summed E-state index contributed by atoms with van der Waals surface area (Å²) in [5.41, 5.74) is 1.74. The first kappa shape index (κ1) is 20.4. The topological polar surface area (TPSA) is 63.7 Å². The van der Waals surface area contributed by atoms with E-state index in [1.54, 1.807) is 7.11 Å². The molecule has 0 saturated heterocycles. The number of thiazole rings is 1. The van der Waals surface area contributed by atoms with Crippen LogP contribution in [0.25, 0.3) is 10.6 Å². The van der Waals surface area contributed by atoms with Crippen LogP contribution >= 0.6 is 11.3 Å². The molecule has 0 fully saturated rings. The predicted octanol–water partition coefficient (Wildman–Crippen LogP) is 2.45. The molecule has 1 heterocycles. The molecule has 0 aliphatic carbocycles. The molecule has 1 N–H and O–H groups in total. The first-order chi connectivity index (χ1) is 12.6. The zero-order chi connectivity index (χ0) is 18.8. The molecule has 0 unspecified atom stereocenters. The number of hydrogen-bond acceptors (Lipinski definition) is 6. The van der Waals surface area contributed by atoms with Crippen molar-refractivity contribution in [2.45, 2.75) is 13.3 Å². The summed E-state index contributed by atoms with van der Waals surface area (Å²) in [5, 5.41) is 5.74. The van der Waals surface area contributed by atoms with Gasteiger partial charge in [0.2, 0.25) is 5.91 Å². The van der Waals surface area contributed by atoms with E-state index in [-0.39, 0.29) is 12.3 Å². The summed E-state index contributed by atoms with van der Waals surface area (Å²) in [7, 11) is 3.69. The molecule has 1 aromatic heterocycles. The van der Waals surface area contributed by atoms with E-state index in [1.807, 2.05) is 43.6 Å². The van der Waals surface area contributed by atoms with Gasteiger partial charge in [-0.2, -0.15) is 0 Å². The summed E-state index contributed by atoms with van der Waals surface area (Å²) >= 11 is 1.53. The fourth-order valence-electron chi connectivity index (χ4n) is 2.41. The number of ether oxygens (including phenoxy) is 2. The lowest BCUT2D eigenvalue weighted by atomic mass is 10.2. The minimum Gasteiger partial charge on any atom is -0.493 e. The molecule has 2 aromatic rings. The molecular weight excluding hydrogens is 350 g/mol. The zero-order valence-electron chi connectivity index (χ0n) is 15.7. The highest BCUT2D eigenvalue weighted by molar-refractivity contribution is 7.13. The maximum absolute atomic E-state index is 12.1. The van der Waals surface area contributed by atoms with E-state index in [1.165, 1.54) is 11.3 Å². The van der Waals surface area contributed by atoms with Crippen LogP contribution in [-0.4, -0.2) is 62.8 Å². The first-order valence-corrected chi connectivity index (χ1v) is 9.62. The summed E-state index contributed by atoms with van der Waals surface area (Å²) in [4.78, 5) is 18.8. The van der Waals surface area contributed by atoms with Gasteiger partial charge in [0, 0.05) is 32.1 Å². The van der Waals surface area contributed by atoms with Crippen molar-refractivity contribution in [1.82, 2.24) is 15.2 Å². The molecule has 0 radical (unpaired) electrons. The van der Waals surface area contributed by atoms with E-state index in [0.29, 0.717) is 19.8 Å². The fourth-order valence-corrected chi connectivity index (χ4v) is 3.26. The van der Waals surface area contributed by atoms with Gasteiger partial charge < -0.3 is 19.7 Å². The van der Waals surface area contributed by atoms with Gasteiger partial charge in [-0.05, 0) is 26.1 Å². The molecule has 6 nitrogen and oxygen atoms in total. The highest BCUT2D eigenvalue weighted by Gasteiger charge is 2.12. The van der Waals surface area contributed by atoms with E-state index in [4.69, 9.17) is 9.47 Å². The Kier molecular flexibility index (Phi) is 8.53. The largest absolute Gasteiger partial charge is 0.493 e. The van der Waals surface area contributed by atoms with E-state index >= 15 is 0 Å². The lowest BCUT2D eigenvalue weighted by Gasteiger charge is -2.15. The lowest BCUT2D eigenvalue weighted by Crippen LogP contribution is -2.35. The summed E-state index contributed by atoms with van der Waals surface area (Å²) < 4.78 is 10.7. The average Bonchev–Trinajstić information content (AvgIpc) is 3.09. The van der Waals surface area contributed by atoms with Gasteiger partial charge in [0.25, 0.3) is 0 Å². The molecule has 26 heavy (non-hydrogen) atoms. The Balaban J connectivity index is 1.85. The second kappa shape index (κ2) is 10.9. The number of aromatic nitrogens is 1. The normalized spacial score (nSPS) is 10.9. The number of rotatable bonds is 11. The summed E-state index contributed by atoms with van der Waals surface area (Å²) in [6, 6.07) is 7.84. The Bertz CT molecular complexity index is 690.